The van der Waals surface area contributed by atoms with Gasteiger partial charge in [0.15, 0.2) is 0 Å². The molecule has 0 unspecified atom stereocenters. The Hall–Kier alpha value is -3.41. The quantitative estimate of drug-likeness (QED) is 0.716. The Morgan fingerprint density at radius 2 is 1.75 bits per heavy atom. The number of likely N-dealkylation sites (N-methyl/N-ethyl adjacent to an activating group) is 1. The number of benzene rings is 2. The molecule has 6 nitrogen and oxygen atoms in total. The molecule has 0 atom stereocenters. The van der Waals surface area contributed by atoms with Gasteiger partial charge in [0, 0.05) is 31.8 Å². The van der Waals surface area contributed by atoms with Gasteiger partial charge in [-0.2, -0.15) is 0 Å². The van der Waals surface area contributed by atoms with E-state index in [0.29, 0.717) is 29.5 Å². The van der Waals surface area contributed by atoms with E-state index in [1.807, 2.05) is 49.4 Å². The lowest BCUT2D eigenvalue weighted by Crippen LogP contribution is -2.28. The van der Waals surface area contributed by atoms with Crippen molar-refractivity contribution in [3.8, 4) is 11.5 Å². The van der Waals surface area contributed by atoms with Gasteiger partial charge >= 0.3 is 0 Å². The maximum atomic E-state index is 12.6. The fourth-order valence-electron chi connectivity index (χ4n) is 2.84. The minimum Gasteiger partial charge on any atom is -0.441 e. The molecule has 3 rings (SSSR count). The van der Waals surface area contributed by atoms with Crippen LogP contribution in [0.2, 0.25) is 0 Å². The molecule has 1 N–H and O–H groups in total. The van der Waals surface area contributed by atoms with Gasteiger partial charge in [-0.15, -0.1) is 0 Å². The molecular weight excluding hydrogens is 354 g/mol. The third-order valence-corrected chi connectivity index (χ3v) is 4.52. The summed E-state index contributed by atoms with van der Waals surface area (Å²) in [5, 5.41) is 2.59. The number of carbonyl (C=O) groups excluding carboxylic acids is 2. The number of nitrogens with one attached hydrogen (secondary N) is 1. The molecule has 0 saturated carbocycles. The van der Waals surface area contributed by atoms with E-state index in [2.05, 4.69) is 10.3 Å². The van der Waals surface area contributed by atoms with Crippen LogP contribution >= 0.6 is 0 Å². The van der Waals surface area contributed by atoms with E-state index < -0.39 is 0 Å². The molecule has 2 amide bonds. The second-order valence-electron chi connectivity index (χ2n) is 6.59. The number of hydrogen-bond acceptors (Lipinski definition) is 4. The Morgan fingerprint density at radius 3 is 2.39 bits per heavy atom. The average molecular weight is 377 g/mol. The zero-order valence-electron chi connectivity index (χ0n) is 16.2. The van der Waals surface area contributed by atoms with Crippen LogP contribution in [0.5, 0.6) is 0 Å². The van der Waals surface area contributed by atoms with Crippen molar-refractivity contribution in [1.82, 2.24) is 15.2 Å². The van der Waals surface area contributed by atoms with Crippen LogP contribution in [-0.4, -0.2) is 35.8 Å². The van der Waals surface area contributed by atoms with Crippen molar-refractivity contribution in [3.05, 3.63) is 77.2 Å². The molecular formula is C22H23N3O3. The van der Waals surface area contributed by atoms with Gasteiger partial charge in [-0.3, -0.25) is 9.59 Å². The van der Waals surface area contributed by atoms with E-state index in [0.717, 1.165) is 11.1 Å². The number of aryl methyl sites for hydroxylation is 1. The molecule has 1 heterocycles. The summed E-state index contributed by atoms with van der Waals surface area (Å²) in [4.78, 5) is 30.4. The molecule has 0 spiro atoms. The number of amides is 2. The molecule has 0 aliphatic rings. The van der Waals surface area contributed by atoms with Crippen LogP contribution in [0.1, 0.15) is 27.4 Å². The molecule has 1 aromatic heterocycles. The Morgan fingerprint density at radius 1 is 1.07 bits per heavy atom. The summed E-state index contributed by atoms with van der Waals surface area (Å²) in [5.41, 5.74) is 3.07. The van der Waals surface area contributed by atoms with Crippen molar-refractivity contribution < 1.29 is 14.0 Å². The Bertz CT molecular complexity index is 962. The number of rotatable bonds is 6. The largest absolute Gasteiger partial charge is 0.441 e. The molecule has 144 valence electrons. The normalized spacial score (nSPS) is 10.5. The smallest absolute Gasteiger partial charge is 0.251 e. The fourth-order valence-corrected chi connectivity index (χ4v) is 2.84. The Labute approximate surface area is 164 Å². The number of carbonyl (C=O) groups is 2. The van der Waals surface area contributed by atoms with Gasteiger partial charge in [-0.1, -0.05) is 30.3 Å². The highest BCUT2D eigenvalue weighted by molar-refractivity contribution is 5.93. The molecule has 6 heteroatoms. The van der Waals surface area contributed by atoms with E-state index in [1.165, 1.54) is 0 Å². The maximum Gasteiger partial charge on any atom is 0.251 e. The first kappa shape index (κ1) is 19.4. The second-order valence-corrected chi connectivity index (χ2v) is 6.59. The van der Waals surface area contributed by atoms with E-state index in [9.17, 15) is 9.59 Å². The predicted molar refractivity (Wildman–Crippen MR) is 107 cm³/mol. The van der Waals surface area contributed by atoms with Crippen molar-refractivity contribution in [2.24, 2.45) is 0 Å². The minimum absolute atomic E-state index is 0.0496. The number of hydrogen-bond donors (Lipinski definition) is 1. The molecule has 0 aliphatic carbocycles. The topological polar surface area (TPSA) is 75.4 Å². The van der Waals surface area contributed by atoms with E-state index >= 15 is 0 Å². The van der Waals surface area contributed by atoms with Gasteiger partial charge < -0.3 is 14.6 Å². The monoisotopic (exact) mass is 377 g/mol. The SMILES string of the molecule is CNC(=O)c1ccc(CN(C)C(=O)Cc2nc(-c3ccccc3)oc2C)cc1. The lowest BCUT2D eigenvalue weighted by atomic mass is 10.1. The van der Waals surface area contributed by atoms with E-state index in [4.69, 9.17) is 4.42 Å². The van der Waals surface area contributed by atoms with Gasteiger partial charge in [-0.25, -0.2) is 4.98 Å². The second kappa shape index (κ2) is 8.52. The Kier molecular flexibility index (Phi) is 5.89. The van der Waals surface area contributed by atoms with Crippen molar-refractivity contribution >= 4 is 11.8 Å². The highest BCUT2D eigenvalue weighted by atomic mass is 16.4. The number of oxazole rings is 1. The summed E-state index contributed by atoms with van der Waals surface area (Å²) in [6.07, 6.45) is 0.176. The lowest BCUT2D eigenvalue weighted by molar-refractivity contribution is -0.129. The zero-order valence-corrected chi connectivity index (χ0v) is 16.2. The van der Waals surface area contributed by atoms with E-state index in [1.54, 1.807) is 31.1 Å². The van der Waals surface area contributed by atoms with E-state index in [-0.39, 0.29) is 18.2 Å². The first-order valence-corrected chi connectivity index (χ1v) is 9.04. The third kappa shape index (κ3) is 4.46. The average Bonchev–Trinajstić information content (AvgIpc) is 3.09. The first-order chi connectivity index (χ1) is 13.5. The van der Waals surface area contributed by atoms with Gasteiger partial charge in [-0.05, 0) is 36.8 Å². The van der Waals surface area contributed by atoms with Crippen molar-refractivity contribution in [3.63, 3.8) is 0 Å². The van der Waals surface area contributed by atoms with Crippen LogP contribution in [0, 0.1) is 6.92 Å². The fraction of sp³-hybridized carbons (Fsp3) is 0.227. The maximum absolute atomic E-state index is 12.6. The van der Waals surface area contributed by atoms with Gasteiger partial charge in [0.25, 0.3) is 5.91 Å². The predicted octanol–water partition coefficient (Wildman–Crippen LogP) is 3.21. The highest BCUT2D eigenvalue weighted by Gasteiger charge is 2.17. The van der Waals surface area contributed by atoms with Crippen LogP contribution in [0.25, 0.3) is 11.5 Å². The van der Waals surface area contributed by atoms with Crippen LogP contribution in [0.3, 0.4) is 0 Å². The molecule has 28 heavy (non-hydrogen) atoms. The first-order valence-electron chi connectivity index (χ1n) is 9.04. The van der Waals surface area contributed by atoms with Gasteiger partial charge in [0.1, 0.15) is 5.76 Å². The van der Waals surface area contributed by atoms with Gasteiger partial charge in [0.05, 0.1) is 12.1 Å². The summed E-state index contributed by atoms with van der Waals surface area (Å²) in [6, 6.07) is 16.8. The lowest BCUT2D eigenvalue weighted by Gasteiger charge is -2.17. The highest BCUT2D eigenvalue weighted by Crippen LogP contribution is 2.22. The van der Waals surface area contributed by atoms with Crippen molar-refractivity contribution in [2.75, 3.05) is 14.1 Å². The van der Waals surface area contributed by atoms with Crippen LogP contribution in [0.4, 0.5) is 0 Å². The number of aromatic nitrogens is 1. The molecule has 3 aromatic rings. The zero-order chi connectivity index (χ0) is 20.1. The summed E-state index contributed by atoms with van der Waals surface area (Å²) < 4.78 is 5.73. The summed E-state index contributed by atoms with van der Waals surface area (Å²) in [7, 11) is 3.35. The Balaban J connectivity index is 1.64. The summed E-state index contributed by atoms with van der Waals surface area (Å²) in [5.74, 6) is 0.988. The van der Waals surface area contributed by atoms with Crippen molar-refractivity contribution in [2.45, 2.75) is 19.9 Å². The third-order valence-electron chi connectivity index (χ3n) is 4.52. The van der Waals surface area contributed by atoms with Crippen LogP contribution in [-0.2, 0) is 17.8 Å². The summed E-state index contributed by atoms with van der Waals surface area (Å²) >= 11 is 0. The summed E-state index contributed by atoms with van der Waals surface area (Å²) in [6.45, 7) is 2.27. The molecule has 2 aromatic carbocycles. The standard InChI is InChI=1S/C22H23N3O3/c1-15-19(24-22(28-15)18-7-5-4-6-8-18)13-20(26)25(3)14-16-9-11-17(12-10-16)21(27)23-2/h4-12H,13-14H2,1-3H3,(H,23,27). The molecule has 0 fully saturated rings. The van der Waals surface area contributed by atoms with Gasteiger partial charge in [0.2, 0.25) is 11.8 Å². The molecule has 0 radical (unpaired) electrons. The minimum atomic E-state index is -0.133. The molecule has 0 aliphatic heterocycles. The molecule has 0 bridgehead atoms. The number of nitrogens with zero attached hydrogens (tertiary/aromatic N) is 2. The molecule has 0 saturated heterocycles. The van der Waals surface area contributed by atoms with Crippen LogP contribution in [0.15, 0.2) is 59.0 Å². The van der Waals surface area contributed by atoms with Crippen molar-refractivity contribution in [1.29, 1.82) is 0 Å². The van der Waals surface area contributed by atoms with Crippen LogP contribution < -0.4 is 5.32 Å².